The van der Waals surface area contributed by atoms with E-state index in [1.54, 1.807) is 0 Å². The summed E-state index contributed by atoms with van der Waals surface area (Å²) < 4.78 is 7.43. The van der Waals surface area contributed by atoms with Crippen molar-refractivity contribution in [1.82, 2.24) is 24.6 Å². The van der Waals surface area contributed by atoms with Gasteiger partial charge in [-0.3, -0.25) is 4.90 Å². The summed E-state index contributed by atoms with van der Waals surface area (Å²) >= 11 is 0. The molecule has 5 heterocycles. The fourth-order valence-electron chi connectivity index (χ4n) is 7.01. The second-order valence-electron chi connectivity index (χ2n) is 11.8. The van der Waals surface area contributed by atoms with Crippen LogP contribution in [0, 0.1) is 13.8 Å². The summed E-state index contributed by atoms with van der Waals surface area (Å²) in [6, 6.07) is 8.39. The molecular weight excluding hydrogens is 452 g/mol. The van der Waals surface area contributed by atoms with Gasteiger partial charge in [-0.15, -0.1) is 0 Å². The number of aliphatic hydroxyl groups is 1. The standard InChI is InChI=1S/C28H36N6O2/c1-17-8-20-12-29-34(25(20)10-24(17)19-4-6-28(3,35)7-5-19)27-11-26(30-18(2)31-27)33-14-21-9-22(33)13-32(21)23-15-36-16-23/h8,10-12,19,21-23,35H,4-7,9,13-16H2,1-3H3/t19?,21-,22-,28?/m0/s1. The van der Waals surface area contributed by atoms with E-state index in [9.17, 15) is 5.11 Å². The highest BCUT2D eigenvalue weighted by Gasteiger charge is 2.47. The molecule has 1 aliphatic carbocycles. The number of nitrogens with zero attached hydrogens (tertiary/aromatic N) is 6. The van der Waals surface area contributed by atoms with E-state index in [0.717, 1.165) is 80.3 Å². The minimum Gasteiger partial charge on any atom is -0.390 e. The number of fused-ring (bicyclic) bond motifs is 3. The van der Waals surface area contributed by atoms with Crippen LogP contribution in [0.5, 0.6) is 0 Å². The molecule has 8 nitrogen and oxygen atoms in total. The van der Waals surface area contributed by atoms with Crippen molar-refractivity contribution in [2.75, 3.05) is 31.2 Å². The number of likely N-dealkylation sites (tertiary alicyclic amines) is 1. The summed E-state index contributed by atoms with van der Waals surface area (Å²) in [6.45, 7) is 10.0. The molecule has 0 unspecified atom stereocenters. The summed E-state index contributed by atoms with van der Waals surface area (Å²) in [7, 11) is 0. The second-order valence-corrected chi connectivity index (χ2v) is 11.8. The van der Waals surface area contributed by atoms with Crippen LogP contribution in [0.15, 0.2) is 24.4 Å². The monoisotopic (exact) mass is 488 g/mol. The van der Waals surface area contributed by atoms with Crippen LogP contribution < -0.4 is 4.90 Å². The largest absolute Gasteiger partial charge is 0.390 e. The lowest BCUT2D eigenvalue weighted by Gasteiger charge is -2.42. The Balaban J connectivity index is 1.20. The summed E-state index contributed by atoms with van der Waals surface area (Å²) in [6.07, 6.45) is 6.90. The van der Waals surface area contributed by atoms with E-state index in [0.29, 0.717) is 24.0 Å². The van der Waals surface area contributed by atoms with Gasteiger partial charge in [-0.2, -0.15) is 5.10 Å². The predicted octanol–water partition coefficient (Wildman–Crippen LogP) is 3.50. The smallest absolute Gasteiger partial charge is 0.159 e. The van der Waals surface area contributed by atoms with Crippen molar-refractivity contribution in [2.24, 2.45) is 0 Å². The van der Waals surface area contributed by atoms with Gasteiger partial charge < -0.3 is 14.7 Å². The van der Waals surface area contributed by atoms with Crippen molar-refractivity contribution in [3.63, 3.8) is 0 Å². The van der Waals surface area contributed by atoms with E-state index in [2.05, 4.69) is 34.9 Å². The van der Waals surface area contributed by atoms with Crippen LogP contribution >= 0.6 is 0 Å². The molecular formula is C28H36N6O2. The molecule has 3 saturated heterocycles. The van der Waals surface area contributed by atoms with Gasteiger partial charge in [-0.1, -0.05) is 0 Å². The Morgan fingerprint density at radius 3 is 2.44 bits per heavy atom. The normalized spacial score (nSPS) is 30.9. The van der Waals surface area contributed by atoms with Gasteiger partial charge in [0.15, 0.2) is 5.82 Å². The minimum atomic E-state index is -0.525. The van der Waals surface area contributed by atoms with Crippen molar-refractivity contribution >= 4 is 16.7 Å². The molecule has 2 bridgehead atoms. The number of benzene rings is 1. The van der Waals surface area contributed by atoms with Gasteiger partial charge in [-0.05, 0) is 82.1 Å². The van der Waals surface area contributed by atoms with Gasteiger partial charge in [0.1, 0.15) is 11.6 Å². The first-order chi connectivity index (χ1) is 17.3. The van der Waals surface area contributed by atoms with Crippen LogP contribution in [0.3, 0.4) is 0 Å². The van der Waals surface area contributed by atoms with E-state index >= 15 is 0 Å². The van der Waals surface area contributed by atoms with Crippen molar-refractivity contribution in [1.29, 1.82) is 0 Å². The Kier molecular flexibility index (Phi) is 5.17. The lowest BCUT2D eigenvalue weighted by molar-refractivity contribution is -0.0708. The van der Waals surface area contributed by atoms with Crippen LogP contribution in [-0.4, -0.2) is 79.8 Å². The molecule has 2 aromatic heterocycles. The van der Waals surface area contributed by atoms with Crippen LogP contribution in [0.25, 0.3) is 16.7 Å². The van der Waals surface area contributed by atoms with E-state index in [1.807, 2.05) is 24.7 Å². The third-order valence-corrected chi connectivity index (χ3v) is 9.15. The number of rotatable bonds is 4. The van der Waals surface area contributed by atoms with E-state index in [1.165, 1.54) is 17.5 Å². The van der Waals surface area contributed by atoms with Crippen LogP contribution in [0.4, 0.5) is 5.82 Å². The average Bonchev–Trinajstić information content (AvgIpc) is 3.51. The number of piperazine rings is 1. The zero-order chi connectivity index (χ0) is 24.6. The molecule has 1 aromatic carbocycles. The Hall–Kier alpha value is -2.55. The number of ether oxygens (including phenoxy) is 1. The number of hydrogen-bond acceptors (Lipinski definition) is 7. The Bertz CT molecular complexity index is 1300. The minimum absolute atomic E-state index is 0.477. The number of aromatic nitrogens is 4. The number of aryl methyl sites for hydroxylation is 2. The summed E-state index contributed by atoms with van der Waals surface area (Å²) in [5.74, 6) is 3.10. The highest BCUT2D eigenvalue weighted by Crippen LogP contribution is 2.40. The lowest BCUT2D eigenvalue weighted by Crippen LogP contribution is -2.57. The van der Waals surface area contributed by atoms with Gasteiger partial charge in [0.2, 0.25) is 0 Å². The Labute approximate surface area is 212 Å². The zero-order valence-corrected chi connectivity index (χ0v) is 21.5. The maximum absolute atomic E-state index is 10.4. The molecule has 1 saturated carbocycles. The van der Waals surface area contributed by atoms with E-state index in [-0.39, 0.29) is 0 Å². The molecule has 0 amide bonds. The van der Waals surface area contributed by atoms with Crippen molar-refractivity contribution in [3.05, 3.63) is 41.3 Å². The molecule has 8 heteroatoms. The van der Waals surface area contributed by atoms with E-state index < -0.39 is 5.60 Å². The zero-order valence-electron chi connectivity index (χ0n) is 21.5. The molecule has 4 fully saturated rings. The van der Waals surface area contributed by atoms with Gasteiger partial charge in [0, 0.05) is 36.6 Å². The first-order valence-corrected chi connectivity index (χ1v) is 13.5. The molecule has 3 aromatic rings. The topological polar surface area (TPSA) is 79.5 Å². The summed E-state index contributed by atoms with van der Waals surface area (Å²) in [5.41, 5.74) is 3.25. The molecule has 3 aliphatic heterocycles. The second kappa shape index (κ2) is 8.23. The van der Waals surface area contributed by atoms with Gasteiger partial charge in [0.05, 0.1) is 36.6 Å². The van der Waals surface area contributed by atoms with Crippen LogP contribution in [0.2, 0.25) is 0 Å². The van der Waals surface area contributed by atoms with Crippen molar-refractivity contribution in [3.8, 4) is 5.82 Å². The Morgan fingerprint density at radius 2 is 1.75 bits per heavy atom. The average molecular weight is 489 g/mol. The molecule has 7 rings (SSSR count). The van der Waals surface area contributed by atoms with Crippen molar-refractivity contribution in [2.45, 2.75) is 82.5 Å². The molecule has 190 valence electrons. The third kappa shape index (κ3) is 3.73. The van der Waals surface area contributed by atoms with Crippen LogP contribution in [0.1, 0.15) is 61.9 Å². The lowest BCUT2D eigenvalue weighted by atomic mass is 9.76. The van der Waals surface area contributed by atoms with Gasteiger partial charge in [-0.25, -0.2) is 14.6 Å². The van der Waals surface area contributed by atoms with Gasteiger partial charge in [0.25, 0.3) is 0 Å². The highest BCUT2D eigenvalue weighted by molar-refractivity contribution is 5.82. The quantitative estimate of drug-likeness (QED) is 0.602. The molecule has 4 aliphatic rings. The predicted molar refractivity (Wildman–Crippen MR) is 139 cm³/mol. The fourth-order valence-corrected chi connectivity index (χ4v) is 7.01. The summed E-state index contributed by atoms with van der Waals surface area (Å²) in [5, 5.41) is 16.3. The number of hydrogen-bond donors (Lipinski definition) is 1. The first kappa shape index (κ1) is 22.6. The molecule has 0 spiro atoms. The highest BCUT2D eigenvalue weighted by atomic mass is 16.5. The van der Waals surface area contributed by atoms with Crippen LogP contribution in [-0.2, 0) is 4.74 Å². The fraction of sp³-hybridized carbons (Fsp3) is 0.607. The first-order valence-electron chi connectivity index (χ1n) is 13.5. The van der Waals surface area contributed by atoms with E-state index in [4.69, 9.17) is 19.8 Å². The SMILES string of the molecule is Cc1nc(N2C[C@@H]3C[C@H]2CN3C2COC2)cc(-n2ncc3cc(C)c(C4CCC(C)(O)CC4)cc32)n1. The van der Waals surface area contributed by atoms with Gasteiger partial charge >= 0.3 is 0 Å². The summed E-state index contributed by atoms with van der Waals surface area (Å²) in [4.78, 5) is 14.8. The van der Waals surface area contributed by atoms with Crippen molar-refractivity contribution < 1.29 is 9.84 Å². The third-order valence-electron chi connectivity index (χ3n) is 9.15. The molecule has 2 atom stereocenters. The maximum atomic E-state index is 10.4. The number of anilines is 1. The molecule has 0 radical (unpaired) electrons. The molecule has 36 heavy (non-hydrogen) atoms. The maximum Gasteiger partial charge on any atom is 0.159 e. The molecule has 1 N–H and O–H groups in total. The Morgan fingerprint density at radius 1 is 0.972 bits per heavy atom.